The molecule has 0 aliphatic heterocycles. The molecule has 3 aromatic rings. The number of hydrogen-bond donors (Lipinski definition) is 1. The number of aryl methyl sites for hydroxylation is 2. The van der Waals surface area contributed by atoms with Gasteiger partial charge in [0.05, 0.1) is 0 Å². The van der Waals surface area contributed by atoms with Gasteiger partial charge in [-0.3, -0.25) is 0 Å². The molecule has 0 spiro atoms. The minimum Gasteiger partial charge on any atom is -0.441 e. The van der Waals surface area contributed by atoms with Crippen molar-refractivity contribution in [3.8, 4) is 0 Å². The summed E-state index contributed by atoms with van der Waals surface area (Å²) in [5.41, 5.74) is 8.78. The van der Waals surface area contributed by atoms with Crippen molar-refractivity contribution in [3.63, 3.8) is 0 Å². The molecule has 0 atom stereocenters. The number of hydrogen-bond acceptors (Lipinski definition) is 3. The van der Waals surface area contributed by atoms with Gasteiger partial charge in [0, 0.05) is 18.2 Å². The Bertz CT molecular complexity index is 721. The predicted molar refractivity (Wildman–Crippen MR) is 72.2 cm³/mol. The fourth-order valence-corrected chi connectivity index (χ4v) is 2.05. The van der Waals surface area contributed by atoms with Crippen molar-refractivity contribution in [1.82, 2.24) is 4.98 Å². The predicted octanol–water partition coefficient (Wildman–Crippen LogP) is 3.33. The van der Waals surface area contributed by atoms with E-state index in [0.29, 0.717) is 23.4 Å². The Morgan fingerprint density at radius 2 is 2.00 bits per heavy atom. The van der Waals surface area contributed by atoms with Crippen LogP contribution < -0.4 is 5.73 Å². The van der Waals surface area contributed by atoms with E-state index in [1.807, 2.05) is 24.3 Å². The molecule has 2 N–H and O–H groups in total. The fraction of sp³-hybridized carbons (Fsp3) is 0.133. The normalized spacial score (nSPS) is 11.0. The van der Waals surface area contributed by atoms with Crippen LogP contribution in [0.3, 0.4) is 0 Å². The van der Waals surface area contributed by atoms with E-state index in [9.17, 15) is 4.39 Å². The molecule has 0 unspecified atom stereocenters. The van der Waals surface area contributed by atoms with Crippen LogP contribution in [0.4, 0.5) is 10.1 Å². The smallest absolute Gasteiger partial charge is 0.195 e. The molecule has 0 aliphatic carbocycles. The quantitative estimate of drug-likeness (QED) is 0.731. The lowest BCUT2D eigenvalue weighted by molar-refractivity contribution is 0.525. The van der Waals surface area contributed by atoms with Crippen LogP contribution in [0, 0.1) is 5.82 Å². The van der Waals surface area contributed by atoms with Crippen LogP contribution in [-0.4, -0.2) is 4.98 Å². The van der Waals surface area contributed by atoms with Gasteiger partial charge in [-0.15, -0.1) is 0 Å². The minimum atomic E-state index is -0.314. The Morgan fingerprint density at radius 3 is 2.84 bits per heavy atom. The Kier molecular flexibility index (Phi) is 2.91. The maximum atomic E-state index is 13.0. The van der Waals surface area contributed by atoms with Gasteiger partial charge in [-0.1, -0.05) is 12.1 Å². The average Bonchev–Trinajstić information content (AvgIpc) is 2.78. The summed E-state index contributed by atoms with van der Waals surface area (Å²) in [5.74, 6) is 0.300. The first kappa shape index (κ1) is 11.7. The first-order valence-corrected chi connectivity index (χ1v) is 6.10. The summed E-state index contributed by atoms with van der Waals surface area (Å²) in [6.45, 7) is 0. The zero-order valence-electron chi connectivity index (χ0n) is 10.3. The fourth-order valence-electron chi connectivity index (χ4n) is 2.05. The number of fused-ring (bicyclic) bond motifs is 1. The Morgan fingerprint density at radius 1 is 1.11 bits per heavy atom. The largest absolute Gasteiger partial charge is 0.441 e. The number of rotatable bonds is 3. The van der Waals surface area contributed by atoms with Crippen molar-refractivity contribution >= 4 is 16.8 Å². The molecule has 3 nitrogen and oxygen atoms in total. The molecule has 0 aliphatic rings. The van der Waals surface area contributed by atoms with Crippen molar-refractivity contribution in [1.29, 1.82) is 0 Å². The van der Waals surface area contributed by atoms with E-state index in [1.54, 1.807) is 6.07 Å². The SMILES string of the molecule is Nc1cccc(CCc2nc3ccc(F)cc3o2)c1. The molecule has 0 bridgehead atoms. The van der Waals surface area contributed by atoms with Crippen molar-refractivity contribution in [2.75, 3.05) is 5.73 Å². The maximum absolute atomic E-state index is 13.0. The third-order valence-electron chi connectivity index (χ3n) is 2.97. The lowest BCUT2D eigenvalue weighted by atomic mass is 10.1. The second-order valence-corrected chi connectivity index (χ2v) is 4.46. The zero-order valence-corrected chi connectivity index (χ0v) is 10.3. The third-order valence-corrected chi connectivity index (χ3v) is 2.97. The Balaban J connectivity index is 1.78. The van der Waals surface area contributed by atoms with Gasteiger partial charge in [-0.05, 0) is 36.2 Å². The van der Waals surface area contributed by atoms with E-state index >= 15 is 0 Å². The second-order valence-electron chi connectivity index (χ2n) is 4.46. The Labute approximate surface area is 109 Å². The highest BCUT2D eigenvalue weighted by atomic mass is 19.1. The first-order chi connectivity index (χ1) is 9.20. The molecule has 96 valence electrons. The first-order valence-electron chi connectivity index (χ1n) is 6.10. The number of halogens is 1. The van der Waals surface area contributed by atoms with Crippen LogP contribution in [0.1, 0.15) is 11.5 Å². The molecule has 4 heteroatoms. The topological polar surface area (TPSA) is 52.0 Å². The summed E-state index contributed by atoms with van der Waals surface area (Å²) in [6, 6.07) is 12.1. The molecule has 0 radical (unpaired) electrons. The number of nitrogens with zero attached hydrogens (tertiary/aromatic N) is 1. The molecule has 1 heterocycles. The van der Waals surface area contributed by atoms with Gasteiger partial charge >= 0.3 is 0 Å². The molecule has 0 saturated heterocycles. The van der Waals surface area contributed by atoms with Gasteiger partial charge in [0.1, 0.15) is 11.3 Å². The number of nitrogen functional groups attached to an aromatic ring is 1. The summed E-state index contributed by atoms with van der Waals surface area (Å²) in [4.78, 5) is 4.33. The molecule has 0 fully saturated rings. The highest BCUT2D eigenvalue weighted by Crippen LogP contribution is 2.18. The molecule has 3 rings (SSSR count). The standard InChI is InChI=1S/C15H13FN2O/c16-11-5-6-13-14(9-11)19-15(18-13)7-4-10-2-1-3-12(17)8-10/h1-3,5-6,8-9H,4,7,17H2. The van der Waals surface area contributed by atoms with E-state index in [1.165, 1.54) is 12.1 Å². The monoisotopic (exact) mass is 256 g/mol. The van der Waals surface area contributed by atoms with Crippen LogP contribution in [0.15, 0.2) is 46.9 Å². The molecular formula is C15H13FN2O. The van der Waals surface area contributed by atoms with Gasteiger partial charge in [-0.2, -0.15) is 0 Å². The number of nitrogens with two attached hydrogens (primary N) is 1. The van der Waals surface area contributed by atoms with Crippen LogP contribution in [-0.2, 0) is 12.8 Å². The van der Waals surface area contributed by atoms with E-state index in [0.717, 1.165) is 17.7 Å². The lowest BCUT2D eigenvalue weighted by Gasteiger charge is -1.99. The number of oxazole rings is 1. The molecule has 2 aromatic carbocycles. The van der Waals surface area contributed by atoms with E-state index in [2.05, 4.69) is 4.98 Å². The van der Waals surface area contributed by atoms with Gasteiger partial charge in [-0.25, -0.2) is 9.37 Å². The highest BCUT2D eigenvalue weighted by molar-refractivity contribution is 5.72. The molecular weight excluding hydrogens is 243 g/mol. The van der Waals surface area contributed by atoms with Crippen molar-refractivity contribution in [2.45, 2.75) is 12.8 Å². The van der Waals surface area contributed by atoms with Gasteiger partial charge in [0.15, 0.2) is 11.5 Å². The average molecular weight is 256 g/mol. The lowest BCUT2D eigenvalue weighted by Crippen LogP contribution is -1.93. The maximum Gasteiger partial charge on any atom is 0.195 e. The minimum absolute atomic E-state index is 0.314. The molecule has 19 heavy (non-hydrogen) atoms. The van der Waals surface area contributed by atoms with Gasteiger partial charge in [0.25, 0.3) is 0 Å². The highest BCUT2D eigenvalue weighted by Gasteiger charge is 2.07. The van der Waals surface area contributed by atoms with Crippen molar-refractivity contribution < 1.29 is 8.81 Å². The Hall–Kier alpha value is -2.36. The van der Waals surface area contributed by atoms with Crippen LogP contribution >= 0.6 is 0 Å². The number of benzene rings is 2. The van der Waals surface area contributed by atoms with Crippen LogP contribution in [0.2, 0.25) is 0 Å². The van der Waals surface area contributed by atoms with Crippen LogP contribution in [0.5, 0.6) is 0 Å². The van der Waals surface area contributed by atoms with E-state index in [-0.39, 0.29) is 5.82 Å². The summed E-state index contributed by atoms with van der Waals surface area (Å²) >= 11 is 0. The zero-order chi connectivity index (χ0) is 13.2. The third kappa shape index (κ3) is 2.57. The summed E-state index contributed by atoms with van der Waals surface area (Å²) in [6.07, 6.45) is 1.46. The van der Waals surface area contributed by atoms with E-state index < -0.39 is 0 Å². The van der Waals surface area contributed by atoms with Gasteiger partial charge in [0.2, 0.25) is 0 Å². The number of anilines is 1. The van der Waals surface area contributed by atoms with Gasteiger partial charge < -0.3 is 10.2 Å². The summed E-state index contributed by atoms with van der Waals surface area (Å²) < 4.78 is 18.6. The molecule has 0 saturated carbocycles. The van der Waals surface area contributed by atoms with E-state index in [4.69, 9.17) is 10.2 Å². The summed E-state index contributed by atoms with van der Waals surface area (Å²) in [7, 11) is 0. The van der Waals surface area contributed by atoms with Crippen LogP contribution in [0.25, 0.3) is 11.1 Å². The van der Waals surface area contributed by atoms with Crippen molar-refractivity contribution in [2.24, 2.45) is 0 Å². The second kappa shape index (κ2) is 4.72. The molecule has 1 aromatic heterocycles. The molecule has 0 amide bonds. The number of aromatic nitrogens is 1. The summed E-state index contributed by atoms with van der Waals surface area (Å²) in [5, 5.41) is 0. The van der Waals surface area contributed by atoms with Crippen molar-refractivity contribution in [3.05, 3.63) is 59.7 Å².